The molecule has 3 nitrogen and oxygen atoms in total. The minimum absolute atomic E-state index is 0.0318. The molecular weight excluding hydrogens is 380 g/mol. The van der Waals surface area contributed by atoms with Crippen LogP contribution < -0.4 is 5.32 Å². The summed E-state index contributed by atoms with van der Waals surface area (Å²) in [6.07, 6.45) is 3.45. The second kappa shape index (κ2) is 7.34. The number of fused-ring (bicyclic) bond motifs is 2. The maximum Gasteiger partial charge on any atom is 0.193 e. The van der Waals surface area contributed by atoms with Gasteiger partial charge in [0.05, 0.1) is 5.52 Å². The molecule has 1 heterocycles. The minimum atomic E-state index is -0.0318. The van der Waals surface area contributed by atoms with Crippen molar-refractivity contribution in [2.45, 2.75) is 19.3 Å². The van der Waals surface area contributed by atoms with E-state index in [1.165, 1.54) is 17.5 Å². The lowest BCUT2D eigenvalue weighted by atomic mass is 9.99. The van der Waals surface area contributed by atoms with Crippen molar-refractivity contribution in [1.29, 1.82) is 0 Å². The topological polar surface area (TPSA) is 42.0 Å². The molecule has 0 unspecified atom stereocenters. The Morgan fingerprint density at radius 3 is 2.59 bits per heavy atom. The first-order valence-electron chi connectivity index (χ1n) is 9.77. The van der Waals surface area contributed by atoms with Gasteiger partial charge < -0.3 is 5.32 Å². The summed E-state index contributed by atoms with van der Waals surface area (Å²) >= 11 is 5.95. The van der Waals surface area contributed by atoms with Crippen LogP contribution in [0.4, 0.5) is 11.5 Å². The van der Waals surface area contributed by atoms with Crippen LogP contribution in [-0.2, 0) is 12.8 Å². The van der Waals surface area contributed by atoms with Gasteiger partial charge >= 0.3 is 0 Å². The summed E-state index contributed by atoms with van der Waals surface area (Å²) in [5, 5.41) is 4.93. The number of anilines is 2. The standard InChI is InChI=1S/C25H19ClN2O/c26-18-12-10-17(11-13-18)25(29)21-7-3-9-23-20(21)14-15-24(28-23)27-22-8-2-5-16-4-1-6-19(16)22/h2-3,5,7-15H,1,4,6H2,(H,27,28). The van der Waals surface area contributed by atoms with Crippen LogP contribution in [0.1, 0.15) is 33.5 Å². The summed E-state index contributed by atoms with van der Waals surface area (Å²) < 4.78 is 0. The fourth-order valence-corrected chi connectivity index (χ4v) is 4.18. The zero-order valence-electron chi connectivity index (χ0n) is 15.8. The van der Waals surface area contributed by atoms with Gasteiger partial charge in [0, 0.05) is 27.2 Å². The molecular formula is C25H19ClN2O. The average molecular weight is 399 g/mol. The Kier molecular flexibility index (Phi) is 4.53. The van der Waals surface area contributed by atoms with Gasteiger partial charge in [-0.2, -0.15) is 0 Å². The highest BCUT2D eigenvalue weighted by Gasteiger charge is 2.16. The van der Waals surface area contributed by atoms with Crippen molar-refractivity contribution in [2.75, 3.05) is 5.32 Å². The second-order valence-corrected chi connectivity index (χ2v) is 7.76. The number of hydrogen-bond donors (Lipinski definition) is 1. The zero-order chi connectivity index (χ0) is 19.8. The van der Waals surface area contributed by atoms with Crippen LogP contribution in [0.2, 0.25) is 5.02 Å². The predicted octanol–water partition coefficient (Wildman–Crippen LogP) is 6.35. The number of pyridine rings is 1. The largest absolute Gasteiger partial charge is 0.340 e. The first kappa shape index (κ1) is 17.9. The van der Waals surface area contributed by atoms with Gasteiger partial charge in [0.1, 0.15) is 5.82 Å². The van der Waals surface area contributed by atoms with Crippen molar-refractivity contribution in [3.05, 3.63) is 100 Å². The number of nitrogens with zero attached hydrogens (tertiary/aromatic N) is 1. The van der Waals surface area contributed by atoms with E-state index in [4.69, 9.17) is 16.6 Å². The number of aryl methyl sites for hydroxylation is 1. The van der Waals surface area contributed by atoms with Gasteiger partial charge in [0.2, 0.25) is 0 Å². The molecule has 0 radical (unpaired) electrons. The third kappa shape index (κ3) is 3.39. The Labute approximate surface area is 174 Å². The summed E-state index contributed by atoms with van der Waals surface area (Å²) in [5.74, 6) is 0.754. The van der Waals surface area contributed by atoms with Gasteiger partial charge in [0.25, 0.3) is 0 Å². The van der Waals surface area contributed by atoms with Crippen LogP contribution in [0.3, 0.4) is 0 Å². The Hall–Kier alpha value is -3.17. The molecule has 0 atom stereocenters. The quantitative estimate of drug-likeness (QED) is 0.407. The highest BCUT2D eigenvalue weighted by atomic mass is 35.5. The van der Waals surface area contributed by atoms with E-state index in [9.17, 15) is 4.79 Å². The number of carbonyl (C=O) groups is 1. The molecule has 29 heavy (non-hydrogen) atoms. The maximum absolute atomic E-state index is 13.0. The molecule has 0 saturated heterocycles. The molecule has 0 fully saturated rings. The van der Waals surface area contributed by atoms with E-state index in [2.05, 4.69) is 23.5 Å². The van der Waals surface area contributed by atoms with Crippen molar-refractivity contribution in [3.63, 3.8) is 0 Å². The van der Waals surface area contributed by atoms with Crippen LogP contribution in [0.25, 0.3) is 10.9 Å². The number of hydrogen-bond acceptors (Lipinski definition) is 3. The molecule has 5 rings (SSSR count). The zero-order valence-corrected chi connectivity index (χ0v) is 16.5. The van der Waals surface area contributed by atoms with E-state index in [0.717, 1.165) is 35.2 Å². The molecule has 0 bridgehead atoms. The second-order valence-electron chi connectivity index (χ2n) is 7.33. The molecule has 0 saturated carbocycles. The fourth-order valence-electron chi connectivity index (χ4n) is 4.05. The molecule has 142 valence electrons. The number of nitrogens with one attached hydrogen (secondary N) is 1. The summed E-state index contributed by atoms with van der Waals surface area (Å²) in [7, 11) is 0. The highest BCUT2D eigenvalue weighted by Crippen LogP contribution is 2.31. The van der Waals surface area contributed by atoms with Gasteiger partial charge in [-0.3, -0.25) is 4.79 Å². The predicted molar refractivity (Wildman–Crippen MR) is 118 cm³/mol. The lowest BCUT2D eigenvalue weighted by molar-refractivity contribution is 0.104. The maximum atomic E-state index is 13.0. The number of carbonyl (C=O) groups excluding carboxylic acids is 1. The molecule has 1 aliphatic carbocycles. The van der Waals surface area contributed by atoms with Crippen molar-refractivity contribution >= 4 is 39.8 Å². The van der Waals surface area contributed by atoms with Crippen LogP contribution in [0.5, 0.6) is 0 Å². The molecule has 1 aliphatic rings. The number of rotatable bonds is 4. The van der Waals surface area contributed by atoms with E-state index in [0.29, 0.717) is 16.1 Å². The summed E-state index contributed by atoms with van der Waals surface area (Å²) in [6, 6.07) is 23.0. The van der Waals surface area contributed by atoms with Gasteiger partial charge in [-0.1, -0.05) is 35.9 Å². The molecule has 0 spiro atoms. The molecule has 1 aromatic heterocycles. The monoisotopic (exact) mass is 398 g/mol. The smallest absolute Gasteiger partial charge is 0.193 e. The summed E-state index contributed by atoms with van der Waals surface area (Å²) in [4.78, 5) is 17.8. The third-order valence-corrected chi connectivity index (χ3v) is 5.74. The highest BCUT2D eigenvalue weighted by molar-refractivity contribution is 6.30. The first-order valence-corrected chi connectivity index (χ1v) is 10.1. The minimum Gasteiger partial charge on any atom is -0.340 e. The van der Waals surface area contributed by atoms with Crippen LogP contribution in [0.15, 0.2) is 72.8 Å². The molecule has 1 N–H and O–H groups in total. The fraction of sp³-hybridized carbons (Fsp3) is 0.120. The Morgan fingerprint density at radius 1 is 0.897 bits per heavy atom. The van der Waals surface area contributed by atoms with Gasteiger partial charge in [-0.15, -0.1) is 0 Å². The Balaban J connectivity index is 1.50. The molecule has 0 amide bonds. The normalized spacial score (nSPS) is 12.7. The van der Waals surface area contributed by atoms with Crippen LogP contribution in [-0.4, -0.2) is 10.8 Å². The van der Waals surface area contributed by atoms with Gasteiger partial charge in [-0.05, 0) is 78.9 Å². The third-order valence-electron chi connectivity index (χ3n) is 5.49. The first-order chi connectivity index (χ1) is 14.2. The van der Waals surface area contributed by atoms with Crippen molar-refractivity contribution < 1.29 is 4.79 Å². The lowest BCUT2D eigenvalue weighted by Crippen LogP contribution is -2.03. The van der Waals surface area contributed by atoms with E-state index >= 15 is 0 Å². The molecule has 0 aliphatic heterocycles. The van der Waals surface area contributed by atoms with Gasteiger partial charge in [-0.25, -0.2) is 4.98 Å². The van der Waals surface area contributed by atoms with E-state index in [1.807, 2.05) is 30.3 Å². The summed E-state index contributed by atoms with van der Waals surface area (Å²) in [5.41, 5.74) is 5.99. The Bertz CT molecular complexity index is 1230. The average Bonchev–Trinajstić information content (AvgIpc) is 3.23. The number of aromatic nitrogens is 1. The molecule has 4 aromatic rings. The van der Waals surface area contributed by atoms with Crippen molar-refractivity contribution in [1.82, 2.24) is 4.98 Å². The van der Waals surface area contributed by atoms with E-state index < -0.39 is 0 Å². The number of benzene rings is 3. The molecule has 4 heteroatoms. The van der Waals surface area contributed by atoms with E-state index in [-0.39, 0.29) is 5.78 Å². The lowest BCUT2D eigenvalue weighted by Gasteiger charge is -2.12. The Morgan fingerprint density at radius 2 is 1.72 bits per heavy atom. The molecule has 3 aromatic carbocycles. The number of ketones is 1. The van der Waals surface area contributed by atoms with Crippen molar-refractivity contribution in [3.8, 4) is 0 Å². The SMILES string of the molecule is O=C(c1ccc(Cl)cc1)c1cccc2nc(Nc3cccc4c3CCC4)ccc12. The van der Waals surface area contributed by atoms with Crippen molar-refractivity contribution in [2.24, 2.45) is 0 Å². The number of halogens is 1. The van der Waals surface area contributed by atoms with Crippen LogP contribution >= 0.6 is 11.6 Å². The summed E-state index contributed by atoms with van der Waals surface area (Å²) in [6.45, 7) is 0. The van der Waals surface area contributed by atoms with E-state index in [1.54, 1.807) is 24.3 Å². The van der Waals surface area contributed by atoms with Crippen LogP contribution in [0, 0.1) is 0 Å². The van der Waals surface area contributed by atoms with Gasteiger partial charge in [0.15, 0.2) is 5.78 Å².